The fourth-order valence-corrected chi connectivity index (χ4v) is 45.8. The van der Waals surface area contributed by atoms with E-state index in [-0.39, 0.29) is 107 Å². The molecule has 0 aliphatic rings. The van der Waals surface area contributed by atoms with Crippen molar-refractivity contribution in [1.82, 2.24) is 0 Å². The lowest BCUT2D eigenvalue weighted by atomic mass is 10.5. The molecule has 0 spiro atoms. The quantitative estimate of drug-likeness (QED) is 0.0488. The zero-order chi connectivity index (χ0) is 55.5. The lowest BCUT2D eigenvalue weighted by Gasteiger charge is -2.46. The molecule has 0 aromatic heterocycles. The van der Waals surface area contributed by atoms with Crippen molar-refractivity contribution in [1.29, 1.82) is 0 Å². The van der Waals surface area contributed by atoms with Crippen molar-refractivity contribution in [2.24, 2.45) is 0 Å². The Morgan fingerprint density at radius 2 is 0.500 bits per heavy atom. The van der Waals surface area contributed by atoms with Crippen molar-refractivity contribution >= 4 is 78.3 Å². The van der Waals surface area contributed by atoms with Crippen LogP contribution in [-0.4, -0.2) is 202 Å². The first-order chi connectivity index (χ1) is 33.9. The minimum absolute atomic E-state index is 0.00900. The molecule has 34 heteroatoms. The van der Waals surface area contributed by atoms with Gasteiger partial charge in [0.2, 0.25) is 0 Å². The Bertz CT molecular complexity index is 1260. The summed E-state index contributed by atoms with van der Waals surface area (Å²) in [6.45, 7) is 3.48. The topological polar surface area (TPSA) is 374 Å². The standard InChI is InChI=1S/C22H52O16Si5.C16H38O9Si4/c1-28-39(29-2,18-8-13-23)35-42(34-7,21-11-16-26)38-43(22-12-17-27,36-40(30-3,31-4)19-9-14-24)37-41(32-5,33-6)20-10-15-25;1-26(21,13-5-9-17)23-28(3,15-7-11-19)25-29(4,16-8-12-20)24-27(2,22)14-6-10-18/h24H,8-22H2,1-7H3;21-22H,5-16H2,1-4H3/q2*-4. The number of hydrogen-bond acceptors (Lipinski definition) is 25. The van der Waals surface area contributed by atoms with E-state index in [0.29, 0.717) is 37.8 Å². The Morgan fingerprint density at radius 1 is 0.278 bits per heavy atom. The highest BCUT2D eigenvalue weighted by atomic mass is 28.5. The van der Waals surface area contributed by atoms with Crippen molar-refractivity contribution < 1.29 is 115 Å². The third-order valence-electron chi connectivity index (χ3n) is 11.0. The highest BCUT2D eigenvalue weighted by molar-refractivity contribution is 6.89. The molecule has 0 aromatic rings. The monoisotopic (exact) mass is 1200 g/mol. The van der Waals surface area contributed by atoms with Gasteiger partial charge in [-0.2, -0.15) is 0 Å². The van der Waals surface area contributed by atoms with E-state index in [1.807, 2.05) is 0 Å². The van der Waals surface area contributed by atoms with E-state index in [9.17, 15) is 55.6 Å². The summed E-state index contributed by atoms with van der Waals surface area (Å²) in [5, 5.41) is 99.9. The normalized spacial score (nSPS) is 17.8. The van der Waals surface area contributed by atoms with Gasteiger partial charge in [0.1, 0.15) is 0 Å². The summed E-state index contributed by atoms with van der Waals surface area (Å²) in [5.74, 6) is 0. The largest absolute Gasteiger partial charge is 0.854 e. The molecule has 0 aromatic carbocycles. The molecule has 3 N–H and O–H groups in total. The van der Waals surface area contributed by atoms with Gasteiger partial charge >= 0.3 is 78.3 Å². The van der Waals surface area contributed by atoms with Gasteiger partial charge in [0.15, 0.2) is 0 Å². The van der Waals surface area contributed by atoms with Crippen LogP contribution < -0.4 is 40.9 Å². The summed E-state index contributed by atoms with van der Waals surface area (Å²) < 4.78 is 85.8. The Balaban J connectivity index is 0. The molecule has 0 saturated heterocycles. The molecular weight excluding hydrogens is 1110 g/mol. The highest BCUT2D eigenvalue weighted by Crippen LogP contribution is 2.38. The summed E-state index contributed by atoms with van der Waals surface area (Å²) in [7, 11) is -22.3. The average molecular weight is 1200 g/mol. The molecule has 6 atom stereocenters. The second-order valence-corrected chi connectivity index (χ2v) is 46.6. The van der Waals surface area contributed by atoms with Gasteiger partial charge in [0, 0.05) is 86.6 Å². The van der Waals surface area contributed by atoms with Crippen LogP contribution in [0.3, 0.4) is 0 Å². The predicted molar refractivity (Wildman–Crippen MR) is 267 cm³/mol. The predicted octanol–water partition coefficient (Wildman–Crippen LogP) is -4.03. The van der Waals surface area contributed by atoms with E-state index in [4.69, 9.17) is 59.8 Å². The molecule has 0 rings (SSSR count). The fourth-order valence-electron chi connectivity index (χ4n) is 7.51. The minimum atomic E-state index is -4.34. The van der Waals surface area contributed by atoms with Crippen LogP contribution in [0.15, 0.2) is 0 Å². The van der Waals surface area contributed by atoms with Crippen LogP contribution in [-0.2, 0) is 59.8 Å². The maximum Gasteiger partial charge on any atom is 0.493 e. The number of hydrogen-bond donors (Lipinski definition) is 3. The van der Waals surface area contributed by atoms with Crippen LogP contribution in [0.25, 0.3) is 0 Å². The summed E-state index contributed by atoms with van der Waals surface area (Å²) in [6, 6.07) is 1.57. The third kappa shape index (κ3) is 29.2. The first-order valence-corrected chi connectivity index (χ1v) is 44.2. The van der Waals surface area contributed by atoms with Crippen molar-refractivity contribution in [3.63, 3.8) is 0 Å². The summed E-state index contributed by atoms with van der Waals surface area (Å²) in [4.78, 5) is 21.4. The van der Waals surface area contributed by atoms with E-state index in [2.05, 4.69) is 0 Å². The molecule has 0 bridgehead atoms. The zero-order valence-electron chi connectivity index (χ0n) is 44.9. The Morgan fingerprint density at radius 3 is 0.778 bits per heavy atom. The Labute approximate surface area is 439 Å². The fraction of sp³-hybridized carbons (Fsp3) is 1.00. The van der Waals surface area contributed by atoms with Crippen LogP contribution >= 0.6 is 0 Å². The van der Waals surface area contributed by atoms with Gasteiger partial charge < -0.3 is 115 Å². The second-order valence-electron chi connectivity index (χ2n) is 17.5. The average Bonchev–Trinajstić information content (AvgIpc) is 3.36. The van der Waals surface area contributed by atoms with E-state index in [1.165, 1.54) is 49.8 Å². The minimum Gasteiger partial charge on any atom is -0.854 e. The van der Waals surface area contributed by atoms with Crippen LogP contribution in [0.5, 0.6) is 0 Å². The molecule has 0 aliphatic carbocycles. The van der Waals surface area contributed by atoms with E-state index < -0.39 is 105 Å². The first kappa shape index (κ1) is 75.0. The van der Waals surface area contributed by atoms with Crippen LogP contribution in [0.2, 0.25) is 80.6 Å². The highest BCUT2D eigenvalue weighted by Gasteiger charge is 2.64. The van der Waals surface area contributed by atoms with E-state index >= 15 is 0 Å². The third-order valence-corrected chi connectivity index (χ3v) is 45.6. The van der Waals surface area contributed by atoms with Gasteiger partial charge in [-0.25, -0.2) is 0 Å². The van der Waals surface area contributed by atoms with Crippen molar-refractivity contribution in [2.75, 3.05) is 109 Å². The lowest BCUT2D eigenvalue weighted by molar-refractivity contribution is -0.368. The van der Waals surface area contributed by atoms with E-state index in [0.717, 1.165) is 0 Å². The van der Waals surface area contributed by atoms with Gasteiger partial charge in [-0.1, -0.05) is 51.4 Å². The maximum absolute atomic E-state index is 11.9. The smallest absolute Gasteiger partial charge is 0.493 e. The molecule has 72 heavy (non-hydrogen) atoms. The molecule has 0 heterocycles. The van der Waals surface area contributed by atoms with Crippen molar-refractivity contribution in [3.05, 3.63) is 0 Å². The van der Waals surface area contributed by atoms with Gasteiger partial charge in [-0.3, -0.25) is 0 Å². The van der Waals surface area contributed by atoms with Crippen LogP contribution in [0.1, 0.15) is 57.8 Å². The number of aliphatic hydroxyl groups is 1. The summed E-state index contributed by atoms with van der Waals surface area (Å²) in [5.41, 5.74) is 0. The number of rotatable bonds is 48. The van der Waals surface area contributed by atoms with Crippen molar-refractivity contribution in [3.8, 4) is 0 Å². The molecule has 0 saturated carbocycles. The molecule has 0 amide bonds. The molecule has 436 valence electrons. The SMILES string of the molecule is CO[Si](CCC[O-])(OC)O[Si](CCC[O-])(OC)O[Si](CCC[O-])(O[Si](CCC[O-])(OC)OC)O[Si](CCCO)(OC)OC.C[Si](O)(CCC[O-])O[Si](C)(CCC[O-])O[Si](C)(CCC[O-])O[Si](C)(O)CCC[O-]. The van der Waals surface area contributed by atoms with Gasteiger partial charge in [-0.05, 0) is 56.8 Å². The molecular formula is C38H90O25Si9-8. The molecule has 6 unspecified atom stereocenters. The molecule has 0 fully saturated rings. The van der Waals surface area contributed by atoms with Gasteiger partial charge in [0.25, 0.3) is 0 Å². The zero-order valence-corrected chi connectivity index (χ0v) is 53.9. The Hall–Kier alpha value is 0.952. The summed E-state index contributed by atoms with van der Waals surface area (Å²) >= 11 is 0. The molecule has 0 radical (unpaired) electrons. The Kier molecular flexibility index (Phi) is 41.0. The first-order valence-electron chi connectivity index (χ1n) is 24.4. The second kappa shape index (κ2) is 39.3. The maximum atomic E-state index is 11.9. The van der Waals surface area contributed by atoms with Crippen LogP contribution in [0.4, 0.5) is 0 Å². The lowest BCUT2D eigenvalue weighted by Crippen LogP contribution is -2.69. The van der Waals surface area contributed by atoms with E-state index in [1.54, 1.807) is 26.2 Å². The van der Waals surface area contributed by atoms with Gasteiger partial charge in [-0.15, -0.1) is 52.9 Å². The molecule has 25 nitrogen and oxygen atoms in total. The van der Waals surface area contributed by atoms with Crippen molar-refractivity contribution in [2.45, 2.75) is 138 Å². The molecule has 0 aliphatic heterocycles. The van der Waals surface area contributed by atoms with Crippen LogP contribution in [0, 0.1) is 0 Å². The van der Waals surface area contributed by atoms with Gasteiger partial charge in [0.05, 0.1) is 0 Å². The summed E-state index contributed by atoms with van der Waals surface area (Å²) in [6.07, 6.45) is 1.89. The number of aliphatic hydroxyl groups excluding tert-OH is 1.